The molecule has 0 fully saturated rings. The summed E-state index contributed by atoms with van der Waals surface area (Å²) in [6, 6.07) is 5.49. The molecule has 0 bridgehead atoms. The van der Waals surface area contributed by atoms with Crippen molar-refractivity contribution in [3.63, 3.8) is 0 Å². The molecule has 0 atom stereocenters. The Kier molecular flexibility index (Phi) is 5.72. The predicted molar refractivity (Wildman–Crippen MR) is 94.5 cm³/mol. The van der Waals surface area contributed by atoms with Crippen LogP contribution in [0.15, 0.2) is 28.9 Å². The van der Waals surface area contributed by atoms with Gasteiger partial charge in [0, 0.05) is 16.9 Å². The van der Waals surface area contributed by atoms with Crippen LogP contribution in [0.25, 0.3) is 0 Å². The quantitative estimate of drug-likeness (QED) is 0.781. The molecule has 0 saturated heterocycles. The number of aromatic nitrogens is 1. The number of hydrogen-bond donors (Lipinski definition) is 1. The molecule has 0 radical (unpaired) electrons. The van der Waals surface area contributed by atoms with Gasteiger partial charge in [-0.2, -0.15) is 0 Å². The van der Waals surface area contributed by atoms with E-state index in [0.717, 1.165) is 23.6 Å². The molecule has 0 unspecified atom stereocenters. The number of carbonyl (C=O) groups excluding carboxylic acids is 2. The number of amides is 1. The molecule has 2 heterocycles. The van der Waals surface area contributed by atoms with E-state index in [1.54, 1.807) is 12.3 Å². The topological polar surface area (TPSA) is 73.5 Å². The van der Waals surface area contributed by atoms with E-state index < -0.39 is 5.97 Å². The zero-order valence-corrected chi connectivity index (χ0v) is 15.5. The van der Waals surface area contributed by atoms with Crippen molar-refractivity contribution in [1.29, 1.82) is 0 Å². The van der Waals surface area contributed by atoms with E-state index in [-0.39, 0.29) is 18.1 Å². The summed E-state index contributed by atoms with van der Waals surface area (Å²) in [5.74, 6) is 0.00994. The smallest absolute Gasteiger partial charge is 0.340 e. The number of hydrogen-bond acceptors (Lipinski definition) is 4. The summed E-state index contributed by atoms with van der Waals surface area (Å²) < 4.78 is 12.5. The number of nitrogens with zero attached hydrogens (tertiary/aromatic N) is 1. The van der Waals surface area contributed by atoms with Crippen molar-refractivity contribution in [2.24, 2.45) is 0 Å². The van der Waals surface area contributed by atoms with E-state index >= 15 is 0 Å². The highest BCUT2D eigenvalue weighted by Crippen LogP contribution is 2.18. The predicted octanol–water partition coefficient (Wildman–Crippen LogP) is 3.21. The number of nitrogens with one attached hydrogen (secondary N) is 1. The second-order valence-corrected chi connectivity index (χ2v) is 6.81. The molecule has 2 aromatic heterocycles. The van der Waals surface area contributed by atoms with Crippen molar-refractivity contribution < 1.29 is 18.7 Å². The van der Waals surface area contributed by atoms with Gasteiger partial charge < -0.3 is 19.0 Å². The molecular weight excluding hydrogens is 320 g/mol. The zero-order valence-electron chi connectivity index (χ0n) is 15.5. The lowest BCUT2D eigenvalue weighted by Gasteiger charge is -2.24. The summed E-state index contributed by atoms with van der Waals surface area (Å²) in [6.45, 7) is 9.87. The van der Waals surface area contributed by atoms with E-state index in [9.17, 15) is 9.59 Å². The fourth-order valence-electron chi connectivity index (χ4n) is 2.52. The van der Waals surface area contributed by atoms with Gasteiger partial charge in [0.25, 0.3) is 5.91 Å². The average molecular weight is 346 g/mol. The third-order valence-electron chi connectivity index (χ3n) is 4.38. The zero-order chi connectivity index (χ0) is 18.6. The van der Waals surface area contributed by atoms with Crippen molar-refractivity contribution in [2.75, 3.05) is 6.61 Å². The lowest BCUT2D eigenvalue weighted by atomic mass is 10.0. The maximum absolute atomic E-state index is 12.3. The summed E-state index contributed by atoms with van der Waals surface area (Å²) in [4.78, 5) is 24.3. The Labute approximate surface area is 148 Å². The van der Waals surface area contributed by atoms with Gasteiger partial charge in [-0.25, -0.2) is 4.79 Å². The van der Waals surface area contributed by atoms with E-state index in [1.807, 2.05) is 51.3 Å². The van der Waals surface area contributed by atoms with Crippen LogP contribution < -0.4 is 5.32 Å². The fourth-order valence-corrected chi connectivity index (χ4v) is 2.52. The maximum atomic E-state index is 12.3. The van der Waals surface area contributed by atoms with Crippen LogP contribution in [0.1, 0.15) is 54.7 Å². The van der Waals surface area contributed by atoms with Crippen LogP contribution in [-0.4, -0.2) is 28.6 Å². The molecule has 25 heavy (non-hydrogen) atoms. The molecule has 0 spiro atoms. The second-order valence-electron chi connectivity index (χ2n) is 6.81. The summed E-state index contributed by atoms with van der Waals surface area (Å²) in [5.41, 5.74) is 1.86. The number of furan rings is 1. The molecule has 0 aliphatic heterocycles. The van der Waals surface area contributed by atoms with Gasteiger partial charge in [-0.1, -0.05) is 6.92 Å². The van der Waals surface area contributed by atoms with Crippen LogP contribution in [0, 0.1) is 13.8 Å². The van der Waals surface area contributed by atoms with Crippen LogP contribution in [-0.2, 0) is 16.1 Å². The first-order valence-electron chi connectivity index (χ1n) is 8.40. The Morgan fingerprint density at radius 2 is 2.04 bits per heavy atom. The Morgan fingerprint density at radius 1 is 1.32 bits per heavy atom. The Morgan fingerprint density at radius 3 is 2.64 bits per heavy atom. The van der Waals surface area contributed by atoms with Crippen molar-refractivity contribution in [1.82, 2.24) is 9.88 Å². The molecule has 0 aliphatic rings. The van der Waals surface area contributed by atoms with Crippen LogP contribution in [0.5, 0.6) is 0 Å². The molecule has 0 aliphatic carbocycles. The Hall–Kier alpha value is -2.50. The third-order valence-corrected chi connectivity index (χ3v) is 4.38. The third kappa shape index (κ3) is 4.75. The second kappa shape index (κ2) is 7.59. The van der Waals surface area contributed by atoms with E-state index in [0.29, 0.717) is 12.1 Å². The number of esters is 1. The van der Waals surface area contributed by atoms with E-state index in [4.69, 9.17) is 9.15 Å². The van der Waals surface area contributed by atoms with Crippen molar-refractivity contribution in [3.8, 4) is 0 Å². The van der Waals surface area contributed by atoms with Gasteiger partial charge in [-0.3, -0.25) is 4.79 Å². The normalized spacial score (nSPS) is 11.4. The molecule has 0 aromatic carbocycles. The molecule has 1 N–H and O–H groups in total. The summed E-state index contributed by atoms with van der Waals surface area (Å²) in [5, 5.41) is 2.84. The Bertz CT molecular complexity index is 742. The molecular formula is C19H26N2O4. The van der Waals surface area contributed by atoms with Gasteiger partial charge in [0.1, 0.15) is 5.76 Å². The molecule has 136 valence electrons. The van der Waals surface area contributed by atoms with E-state index in [1.165, 1.54) is 0 Å². The summed E-state index contributed by atoms with van der Waals surface area (Å²) in [7, 11) is 0. The van der Waals surface area contributed by atoms with Crippen molar-refractivity contribution in [3.05, 3.63) is 47.2 Å². The summed E-state index contributed by atoms with van der Waals surface area (Å²) in [6.07, 6.45) is 2.41. The van der Waals surface area contributed by atoms with Crippen molar-refractivity contribution in [2.45, 2.75) is 53.1 Å². The Balaban J connectivity index is 2.01. The lowest BCUT2D eigenvalue weighted by Crippen LogP contribution is -2.44. The van der Waals surface area contributed by atoms with Crippen LogP contribution >= 0.6 is 0 Å². The van der Waals surface area contributed by atoms with Gasteiger partial charge in [-0.05, 0) is 52.3 Å². The number of rotatable bonds is 7. The van der Waals surface area contributed by atoms with Gasteiger partial charge in [-0.15, -0.1) is 0 Å². The van der Waals surface area contributed by atoms with Gasteiger partial charge in [0.05, 0.1) is 18.4 Å². The number of aryl methyl sites for hydroxylation is 1. The molecule has 6 nitrogen and oxygen atoms in total. The first-order chi connectivity index (χ1) is 11.7. The average Bonchev–Trinajstić information content (AvgIpc) is 3.16. The van der Waals surface area contributed by atoms with Gasteiger partial charge in [0.15, 0.2) is 6.61 Å². The highest BCUT2D eigenvalue weighted by molar-refractivity contribution is 5.92. The molecule has 2 rings (SSSR count). The molecule has 2 aromatic rings. The van der Waals surface area contributed by atoms with Gasteiger partial charge >= 0.3 is 5.97 Å². The molecule has 6 heteroatoms. The van der Waals surface area contributed by atoms with Crippen molar-refractivity contribution >= 4 is 11.9 Å². The lowest BCUT2D eigenvalue weighted by molar-refractivity contribution is -0.125. The minimum Gasteiger partial charge on any atom is -0.467 e. The minimum atomic E-state index is -0.497. The largest absolute Gasteiger partial charge is 0.467 e. The SMILES string of the molecule is CCC(C)(C)NC(=O)COC(=O)c1cc(C)n(Cc2ccco2)c1C. The fraction of sp³-hybridized carbons (Fsp3) is 0.474. The maximum Gasteiger partial charge on any atom is 0.340 e. The number of ether oxygens (including phenoxy) is 1. The van der Waals surface area contributed by atoms with E-state index in [2.05, 4.69) is 5.32 Å². The number of carbonyl (C=O) groups is 2. The standard InChI is InChI=1S/C19H26N2O4/c1-6-19(4,5)20-17(22)12-25-18(23)16-10-13(2)21(14(16)3)11-15-8-7-9-24-15/h7-10H,6,11-12H2,1-5H3,(H,20,22). The molecule has 0 saturated carbocycles. The highest BCUT2D eigenvalue weighted by Gasteiger charge is 2.21. The van der Waals surface area contributed by atoms with Gasteiger partial charge in [0.2, 0.25) is 0 Å². The van der Waals surface area contributed by atoms with Crippen LogP contribution in [0.4, 0.5) is 0 Å². The first kappa shape index (κ1) is 18.8. The first-order valence-corrected chi connectivity index (χ1v) is 8.40. The minimum absolute atomic E-state index is 0.288. The summed E-state index contributed by atoms with van der Waals surface area (Å²) >= 11 is 0. The molecule has 1 amide bonds. The van der Waals surface area contributed by atoms with Crippen LogP contribution in [0.2, 0.25) is 0 Å². The van der Waals surface area contributed by atoms with Crippen LogP contribution in [0.3, 0.4) is 0 Å². The monoisotopic (exact) mass is 346 g/mol. The highest BCUT2D eigenvalue weighted by atomic mass is 16.5.